The number of halogens is 1. The zero-order chi connectivity index (χ0) is 46.3. The van der Waals surface area contributed by atoms with Crippen LogP contribution in [0.5, 0.6) is 0 Å². The molecule has 4 amide bonds. The van der Waals surface area contributed by atoms with Gasteiger partial charge in [-0.3, -0.25) is 36.6 Å². The third kappa shape index (κ3) is 40.4. The van der Waals surface area contributed by atoms with E-state index in [2.05, 4.69) is 31.4 Å². The van der Waals surface area contributed by atoms with Crippen LogP contribution in [0.25, 0.3) is 0 Å². The van der Waals surface area contributed by atoms with Crippen LogP contribution < -0.4 is 24.8 Å². The molecule has 0 bridgehead atoms. The summed E-state index contributed by atoms with van der Waals surface area (Å²) < 4.78 is 86.6. The Bertz CT molecular complexity index is 1480. The number of ether oxygens (including phenoxy) is 4. The van der Waals surface area contributed by atoms with Gasteiger partial charge in [0.15, 0.2) is 5.78 Å². The van der Waals surface area contributed by atoms with Gasteiger partial charge in [-0.1, -0.05) is 77.2 Å². The molecule has 0 radical (unpaired) electrons. The molecule has 0 aromatic heterocycles. The largest absolute Gasteiger partial charge is 0.377 e. The van der Waals surface area contributed by atoms with Gasteiger partial charge in [0.25, 0.3) is 20.2 Å². The Kier molecular flexibility index (Phi) is 37.6. The van der Waals surface area contributed by atoms with Crippen LogP contribution in [-0.2, 0) is 63.2 Å². The zero-order valence-electron chi connectivity index (χ0n) is 36.0. The minimum atomic E-state index is -4.56. The molecule has 62 heavy (non-hydrogen) atoms. The van der Waals surface area contributed by atoms with Crippen LogP contribution >= 0.6 is 22.9 Å². The Morgan fingerprint density at radius 3 is 1.50 bits per heavy atom. The van der Waals surface area contributed by atoms with Crippen molar-refractivity contribution in [1.82, 2.24) is 24.8 Å². The first-order valence-corrected chi connectivity index (χ1v) is 25.7. The number of carbonyl (C=O) groups excluding carboxylic acids is 5. The van der Waals surface area contributed by atoms with Gasteiger partial charge in [-0.25, -0.2) is 0 Å². The fourth-order valence-electron chi connectivity index (χ4n) is 5.77. The number of nitrogens with one attached hydrogen (secondary N) is 5. The van der Waals surface area contributed by atoms with Crippen molar-refractivity contribution in [3.05, 3.63) is 12.7 Å². The Morgan fingerprint density at radius 1 is 0.548 bits per heavy atom. The molecule has 23 heteroatoms. The summed E-state index contributed by atoms with van der Waals surface area (Å²) in [4.78, 5) is 60.5. The summed E-state index contributed by atoms with van der Waals surface area (Å²) in [6.07, 6.45) is 15.7. The summed E-state index contributed by atoms with van der Waals surface area (Å²) in [7, 11) is -8.43. The molecule has 0 aliphatic rings. The van der Waals surface area contributed by atoms with Gasteiger partial charge in [0, 0.05) is 48.9 Å². The summed E-state index contributed by atoms with van der Waals surface area (Å²) in [6.45, 7) is 4.77. The van der Waals surface area contributed by atoms with Crippen LogP contribution in [0.3, 0.4) is 0 Å². The zero-order valence-corrected chi connectivity index (χ0v) is 39.8. The molecule has 20 nitrogen and oxygen atoms in total. The molecule has 0 unspecified atom stereocenters. The van der Waals surface area contributed by atoms with Crippen LogP contribution in [0.15, 0.2) is 12.7 Å². The standard InChI is InChI=1S/C39H72IN5O15S2/c1-2-35(46)33(45-40)18-15-16-20-41-37(48)30-59-27-25-57-23-21-42-38(49)31-60-28-26-58-24-22-43-39(50)34(32-62(54,55)56)44-36(47)19-14-12-10-8-6-4-3-5-7-9-11-13-17-29-61(51,52)53/h2,33-34,45H,1,3-32H2,(H,41,48)(H,42,49)(H,43,50)(H,44,47)(H,51,52,53)(H,54,55,56)/t33-,34-/m0/s1. The van der Waals surface area contributed by atoms with Gasteiger partial charge in [-0.15, -0.1) is 0 Å². The van der Waals surface area contributed by atoms with Crippen molar-refractivity contribution >= 4 is 72.5 Å². The maximum absolute atomic E-state index is 12.6. The van der Waals surface area contributed by atoms with E-state index in [0.717, 1.165) is 83.5 Å². The predicted octanol–water partition coefficient (Wildman–Crippen LogP) is 2.36. The van der Waals surface area contributed by atoms with Crippen LogP contribution in [-0.4, -0.2) is 151 Å². The van der Waals surface area contributed by atoms with Gasteiger partial charge < -0.3 is 40.2 Å². The Hall–Kier alpha value is -2.36. The van der Waals surface area contributed by atoms with E-state index in [1.807, 2.05) is 22.9 Å². The topological polar surface area (TPSA) is 291 Å². The fraction of sp³-hybridized carbons (Fsp3) is 0.821. The Labute approximate surface area is 382 Å². The second kappa shape index (κ2) is 39.0. The van der Waals surface area contributed by atoms with E-state index in [-0.39, 0.29) is 102 Å². The fourth-order valence-corrected chi connectivity index (χ4v) is 7.62. The van der Waals surface area contributed by atoms with E-state index in [9.17, 15) is 45.4 Å². The molecule has 0 fully saturated rings. The minimum absolute atomic E-state index is 0.00551. The highest BCUT2D eigenvalue weighted by Gasteiger charge is 2.26. The first kappa shape index (κ1) is 59.6. The highest BCUT2D eigenvalue weighted by Crippen LogP contribution is 2.13. The van der Waals surface area contributed by atoms with Crippen LogP contribution in [0.1, 0.15) is 109 Å². The van der Waals surface area contributed by atoms with Gasteiger partial charge in [0.05, 0.1) is 51.4 Å². The van der Waals surface area contributed by atoms with E-state index in [1.165, 1.54) is 6.08 Å². The summed E-state index contributed by atoms with van der Waals surface area (Å²) in [5.74, 6) is -3.11. The molecule has 0 saturated carbocycles. The third-order valence-corrected chi connectivity index (χ3v) is 11.4. The second-order valence-electron chi connectivity index (χ2n) is 14.6. The number of amides is 4. The van der Waals surface area contributed by atoms with Gasteiger partial charge in [-0.05, 0) is 38.2 Å². The van der Waals surface area contributed by atoms with Crippen LogP contribution in [0.4, 0.5) is 0 Å². The molecule has 0 aromatic carbocycles. The van der Waals surface area contributed by atoms with Gasteiger partial charge >= 0.3 is 0 Å². The molecule has 2 atom stereocenters. The van der Waals surface area contributed by atoms with E-state index >= 15 is 0 Å². The van der Waals surface area contributed by atoms with Crippen LogP contribution in [0.2, 0.25) is 0 Å². The van der Waals surface area contributed by atoms with E-state index in [4.69, 9.17) is 23.5 Å². The molecule has 0 aliphatic heterocycles. The first-order valence-electron chi connectivity index (χ1n) is 21.4. The number of rotatable bonds is 44. The van der Waals surface area contributed by atoms with Crippen molar-refractivity contribution in [1.29, 1.82) is 0 Å². The van der Waals surface area contributed by atoms with Crippen LogP contribution in [0, 0.1) is 0 Å². The van der Waals surface area contributed by atoms with Crippen molar-refractivity contribution in [2.24, 2.45) is 0 Å². The predicted molar refractivity (Wildman–Crippen MR) is 242 cm³/mol. The number of unbranched alkanes of at least 4 members (excludes halogenated alkanes) is 13. The summed E-state index contributed by atoms with van der Waals surface area (Å²) in [5.41, 5.74) is 0. The number of hydrogen-bond acceptors (Lipinski definition) is 14. The number of ketones is 1. The lowest BCUT2D eigenvalue weighted by Crippen LogP contribution is -2.50. The van der Waals surface area contributed by atoms with Crippen molar-refractivity contribution in [2.45, 2.75) is 121 Å². The molecule has 0 aromatic rings. The average molecular weight is 1040 g/mol. The first-order chi connectivity index (χ1) is 29.6. The molecule has 7 N–H and O–H groups in total. The summed E-state index contributed by atoms with van der Waals surface area (Å²) >= 11 is 1.94. The molecule has 362 valence electrons. The number of carbonyl (C=O) groups is 5. The van der Waals surface area contributed by atoms with E-state index in [0.29, 0.717) is 25.8 Å². The molecular weight excluding hydrogens is 969 g/mol. The molecular formula is C39H72IN5O15S2. The average Bonchev–Trinajstić information content (AvgIpc) is 3.21. The highest BCUT2D eigenvalue weighted by molar-refractivity contribution is 14.1. The highest BCUT2D eigenvalue weighted by atomic mass is 127. The maximum atomic E-state index is 12.6. The normalized spacial score (nSPS) is 12.6. The molecule has 0 aliphatic carbocycles. The smallest absolute Gasteiger partial charge is 0.267 e. The SMILES string of the molecule is C=CC(=O)[C@H](CCCCNC(=O)COCCOCCNC(=O)COCCOCCNC(=O)[C@H](CS(=O)(=O)O)NC(=O)CCCCCCCCCCCCCCCS(=O)(=O)O)NI. The molecule has 0 heterocycles. The summed E-state index contributed by atoms with van der Waals surface area (Å²) in [6, 6.07) is -1.76. The minimum Gasteiger partial charge on any atom is -0.377 e. The van der Waals surface area contributed by atoms with E-state index in [1.54, 1.807) is 0 Å². The van der Waals surface area contributed by atoms with Gasteiger partial charge in [0.2, 0.25) is 23.6 Å². The Balaban J connectivity index is 3.86. The Morgan fingerprint density at radius 2 is 1.02 bits per heavy atom. The third-order valence-electron chi connectivity index (χ3n) is 9.08. The van der Waals surface area contributed by atoms with Crippen molar-refractivity contribution < 1.29 is 68.9 Å². The summed E-state index contributed by atoms with van der Waals surface area (Å²) in [5, 5.41) is 10.3. The second-order valence-corrected chi connectivity index (χ2v) is 18.3. The maximum Gasteiger partial charge on any atom is 0.267 e. The lowest BCUT2D eigenvalue weighted by Gasteiger charge is -2.17. The quantitative estimate of drug-likeness (QED) is 0.0152. The molecule has 0 saturated heterocycles. The van der Waals surface area contributed by atoms with Gasteiger partial charge in [0.1, 0.15) is 25.0 Å². The molecule has 0 rings (SSSR count). The monoisotopic (exact) mass is 1040 g/mol. The van der Waals surface area contributed by atoms with Crippen molar-refractivity contribution in [3.8, 4) is 0 Å². The lowest BCUT2D eigenvalue weighted by atomic mass is 10.0. The van der Waals surface area contributed by atoms with Crippen molar-refractivity contribution in [2.75, 3.05) is 84.0 Å². The lowest BCUT2D eigenvalue weighted by molar-refractivity contribution is -0.128. The molecule has 0 spiro atoms. The van der Waals surface area contributed by atoms with Crippen molar-refractivity contribution in [3.63, 3.8) is 0 Å². The van der Waals surface area contributed by atoms with E-state index < -0.39 is 43.8 Å². The number of hydrogen-bond donors (Lipinski definition) is 7. The van der Waals surface area contributed by atoms with Gasteiger partial charge in [-0.2, -0.15) is 16.8 Å².